The third-order valence-corrected chi connectivity index (χ3v) is 2.74. The average Bonchev–Trinajstić information content (AvgIpc) is 2.33. The Bertz CT molecular complexity index is 464. The lowest BCUT2D eigenvalue weighted by molar-refractivity contribution is 0.0635. The van der Waals surface area contributed by atoms with Gasteiger partial charge in [0.1, 0.15) is 0 Å². The van der Waals surface area contributed by atoms with Crippen LogP contribution in [0.25, 0.3) is 0 Å². The topological polar surface area (TPSA) is 55.6 Å². The Morgan fingerprint density at radius 2 is 1.95 bits per heavy atom. The van der Waals surface area contributed by atoms with E-state index in [2.05, 4.69) is 0 Å². The van der Waals surface area contributed by atoms with Crippen LogP contribution in [0.2, 0.25) is 0 Å². The van der Waals surface area contributed by atoms with Crippen LogP contribution >= 0.6 is 0 Å². The third-order valence-electron chi connectivity index (χ3n) is 2.74. The number of nitrogens with two attached hydrogens (primary N) is 1. The molecule has 1 aromatic rings. The van der Waals surface area contributed by atoms with Gasteiger partial charge in [-0.2, -0.15) is 0 Å². The average molecular weight is 272 g/mol. The highest BCUT2D eigenvalue weighted by Crippen LogP contribution is 2.19. The van der Waals surface area contributed by atoms with Crippen molar-refractivity contribution in [1.82, 2.24) is 4.90 Å². The molecule has 0 aliphatic rings. The molecule has 6 heteroatoms. The number of rotatable bonds is 5. The number of carbonyl (C=O) groups is 1. The van der Waals surface area contributed by atoms with Gasteiger partial charge in [-0.1, -0.05) is 0 Å². The third kappa shape index (κ3) is 3.64. The number of anilines is 1. The van der Waals surface area contributed by atoms with Gasteiger partial charge in [-0.05, 0) is 19.9 Å². The molecule has 0 saturated carbocycles. The molecule has 0 aromatic heterocycles. The molecule has 0 bridgehead atoms. The van der Waals surface area contributed by atoms with Crippen molar-refractivity contribution in [3.63, 3.8) is 0 Å². The fourth-order valence-corrected chi connectivity index (χ4v) is 1.69. The summed E-state index contributed by atoms with van der Waals surface area (Å²) in [6, 6.07) is 1.54. The van der Waals surface area contributed by atoms with Gasteiger partial charge < -0.3 is 15.4 Å². The highest BCUT2D eigenvalue weighted by molar-refractivity contribution is 5.99. The number of ether oxygens (including phenoxy) is 1. The fraction of sp³-hybridized carbons (Fsp3) is 0.462. The largest absolute Gasteiger partial charge is 0.398 e. The lowest BCUT2D eigenvalue weighted by Gasteiger charge is -2.27. The van der Waals surface area contributed by atoms with Crippen LogP contribution in [0, 0.1) is 11.6 Å². The van der Waals surface area contributed by atoms with Crippen molar-refractivity contribution in [3.8, 4) is 0 Å². The van der Waals surface area contributed by atoms with Crippen molar-refractivity contribution < 1.29 is 18.3 Å². The maximum Gasteiger partial charge on any atom is 0.256 e. The molecule has 0 unspecified atom stereocenters. The number of hydrogen-bond donors (Lipinski definition) is 1. The van der Waals surface area contributed by atoms with Crippen LogP contribution in [-0.2, 0) is 4.74 Å². The summed E-state index contributed by atoms with van der Waals surface area (Å²) in [5, 5.41) is 0. The molecular weight excluding hydrogens is 254 g/mol. The fourth-order valence-electron chi connectivity index (χ4n) is 1.69. The molecule has 0 atom stereocenters. The summed E-state index contributed by atoms with van der Waals surface area (Å²) in [5.74, 6) is -2.60. The van der Waals surface area contributed by atoms with E-state index in [9.17, 15) is 13.6 Å². The monoisotopic (exact) mass is 272 g/mol. The van der Waals surface area contributed by atoms with Crippen molar-refractivity contribution in [2.24, 2.45) is 0 Å². The van der Waals surface area contributed by atoms with E-state index in [1.54, 1.807) is 0 Å². The summed E-state index contributed by atoms with van der Waals surface area (Å²) in [4.78, 5) is 13.8. The van der Waals surface area contributed by atoms with Crippen LogP contribution < -0.4 is 5.73 Å². The number of nitrogen functional groups attached to an aromatic ring is 1. The molecule has 0 heterocycles. The molecule has 0 aliphatic carbocycles. The van der Waals surface area contributed by atoms with Gasteiger partial charge in [0.05, 0.1) is 12.2 Å². The predicted molar refractivity (Wildman–Crippen MR) is 68.8 cm³/mol. The molecule has 1 rings (SSSR count). The van der Waals surface area contributed by atoms with E-state index in [4.69, 9.17) is 10.5 Å². The molecule has 0 fully saturated rings. The van der Waals surface area contributed by atoms with E-state index >= 15 is 0 Å². The molecule has 0 radical (unpaired) electrons. The molecule has 0 saturated heterocycles. The quantitative estimate of drug-likeness (QED) is 0.835. The smallest absolute Gasteiger partial charge is 0.256 e. The molecule has 0 spiro atoms. The van der Waals surface area contributed by atoms with Gasteiger partial charge in [-0.3, -0.25) is 4.79 Å². The first-order valence-corrected chi connectivity index (χ1v) is 5.93. The van der Waals surface area contributed by atoms with Crippen molar-refractivity contribution in [2.45, 2.75) is 19.9 Å². The zero-order chi connectivity index (χ0) is 14.6. The zero-order valence-electron chi connectivity index (χ0n) is 11.2. The minimum atomic E-state index is -1.09. The first-order chi connectivity index (χ1) is 8.88. The Hall–Kier alpha value is -1.69. The lowest BCUT2D eigenvalue weighted by atomic mass is 10.1. The normalized spacial score (nSPS) is 10.8. The molecular formula is C13H18F2N2O2. The molecule has 0 aliphatic heterocycles. The minimum Gasteiger partial charge on any atom is -0.398 e. The van der Waals surface area contributed by atoms with E-state index < -0.39 is 17.5 Å². The van der Waals surface area contributed by atoms with Crippen LogP contribution in [0.3, 0.4) is 0 Å². The molecule has 2 N–H and O–H groups in total. The number of nitrogens with zero attached hydrogens (tertiary/aromatic N) is 1. The molecule has 106 valence electrons. The second-order valence-corrected chi connectivity index (χ2v) is 4.44. The first-order valence-electron chi connectivity index (χ1n) is 5.93. The second kappa shape index (κ2) is 6.47. The van der Waals surface area contributed by atoms with Crippen LogP contribution in [0.15, 0.2) is 12.1 Å². The highest BCUT2D eigenvalue weighted by atomic mass is 19.2. The molecule has 19 heavy (non-hydrogen) atoms. The summed E-state index contributed by atoms with van der Waals surface area (Å²) in [6.07, 6.45) is 0. The predicted octanol–water partition coefficient (Wildman–Crippen LogP) is 2.04. The number of halogens is 2. The van der Waals surface area contributed by atoms with E-state index in [-0.39, 0.29) is 17.3 Å². The van der Waals surface area contributed by atoms with Gasteiger partial charge in [0.2, 0.25) is 0 Å². The van der Waals surface area contributed by atoms with Crippen molar-refractivity contribution >= 4 is 11.6 Å². The Labute approximate surface area is 111 Å². The van der Waals surface area contributed by atoms with E-state index in [0.717, 1.165) is 12.1 Å². The number of benzene rings is 1. The second-order valence-electron chi connectivity index (χ2n) is 4.44. The van der Waals surface area contributed by atoms with Crippen molar-refractivity contribution in [2.75, 3.05) is 26.0 Å². The lowest BCUT2D eigenvalue weighted by Crippen LogP contribution is -2.39. The Balaban J connectivity index is 3.06. The summed E-state index contributed by atoms with van der Waals surface area (Å²) >= 11 is 0. The van der Waals surface area contributed by atoms with Gasteiger partial charge >= 0.3 is 0 Å². The molecule has 4 nitrogen and oxygen atoms in total. The zero-order valence-corrected chi connectivity index (χ0v) is 11.2. The minimum absolute atomic E-state index is 0.0382. The maximum atomic E-state index is 13.2. The van der Waals surface area contributed by atoms with Crippen molar-refractivity contribution in [1.29, 1.82) is 0 Å². The van der Waals surface area contributed by atoms with Crippen LogP contribution in [0.4, 0.5) is 14.5 Å². The molecule has 1 aromatic carbocycles. The van der Waals surface area contributed by atoms with Gasteiger partial charge in [0.25, 0.3) is 5.91 Å². The van der Waals surface area contributed by atoms with E-state index in [1.807, 2.05) is 13.8 Å². The number of methoxy groups -OCH3 is 1. The Morgan fingerprint density at radius 3 is 2.47 bits per heavy atom. The number of amides is 1. The van der Waals surface area contributed by atoms with Crippen LogP contribution in [0.5, 0.6) is 0 Å². The number of hydrogen-bond acceptors (Lipinski definition) is 3. The SMILES string of the molecule is COCCN(C(=O)c1cc(F)c(F)cc1N)C(C)C. The molecule has 1 amide bonds. The van der Waals surface area contributed by atoms with Gasteiger partial charge in [0, 0.05) is 31.5 Å². The van der Waals surface area contributed by atoms with Crippen LogP contribution in [-0.4, -0.2) is 37.1 Å². The van der Waals surface area contributed by atoms with Gasteiger partial charge in [-0.15, -0.1) is 0 Å². The summed E-state index contributed by atoms with van der Waals surface area (Å²) in [6.45, 7) is 4.35. The van der Waals surface area contributed by atoms with Gasteiger partial charge in [-0.25, -0.2) is 8.78 Å². The maximum absolute atomic E-state index is 13.2. The standard InChI is InChI=1S/C13H18F2N2O2/c1-8(2)17(4-5-19-3)13(18)9-6-10(14)11(15)7-12(9)16/h6-8H,4-5,16H2,1-3H3. The Kier molecular flexibility index (Phi) is 5.23. The number of carbonyl (C=O) groups excluding carboxylic acids is 1. The van der Waals surface area contributed by atoms with Crippen molar-refractivity contribution in [3.05, 3.63) is 29.3 Å². The van der Waals surface area contributed by atoms with E-state index in [0.29, 0.717) is 13.2 Å². The Morgan fingerprint density at radius 1 is 1.37 bits per heavy atom. The van der Waals surface area contributed by atoms with Crippen LogP contribution in [0.1, 0.15) is 24.2 Å². The summed E-state index contributed by atoms with van der Waals surface area (Å²) < 4.78 is 31.1. The highest BCUT2D eigenvalue weighted by Gasteiger charge is 2.22. The van der Waals surface area contributed by atoms with Gasteiger partial charge in [0.15, 0.2) is 11.6 Å². The summed E-state index contributed by atoms with van der Waals surface area (Å²) in [7, 11) is 1.52. The summed E-state index contributed by atoms with van der Waals surface area (Å²) in [5.41, 5.74) is 5.46. The first kappa shape index (κ1) is 15.4. The van der Waals surface area contributed by atoms with E-state index in [1.165, 1.54) is 12.0 Å².